The lowest BCUT2D eigenvalue weighted by Crippen LogP contribution is -2.32. The van der Waals surface area contributed by atoms with Gasteiger partial charge in [-0.05, 0) is 19.1 Å². The van der Waals surface area contributed by atoms with Crippen molar-refractivity contribution in [1.82, 2.24) is 10.3 Å². The Bertz CT molecular complexity index is 310. The third kappa shape index (κ3) is 4.40. The molecule has 1 heterocycles. The molecule has 3 nitrogen and oxygen atoms in total. The summed E-state index contributed by atoms with van der Waals surface area (Å²) in [7, 11) is 0. The minimum atomic E-state index is -0.0656. The SMILES string of the molecule is Cc1cccc(CNCC(C)(C)CO)n1. The second-order valence-corrected chi connectivity index (χ2v) is 4.70. The molecule has 0 spiro atoms. The average molecular weight is 208 g/mol. The topological polar surface area (TPSA) is 45.1 Å². The number of nitrogens with one attached hydrogen (secondary N) is 1. The number of aromatic nitrogens is 1. The van der Waals surface area contributed by atoms with E-state index >= 15 is 0 Å². The number of aliphatic hydroxyl groups is 1. The number of aliphatic hydroxyl groups excluding tert-OH is 1. The first-order valence-corrected chi connectivity index (χ1v) is 5.28. The lowest BCUT2D eigenvalue weighted by atomic mass is 9.95. The maximum Gasteiger partial charge on any atom is 0.0544 e. The molecule has 0 amide bonds. The first-order chi connectivity index (χ1) is 7.03. The molecule has 2 N–H and O–H groups in total. The van der Waals surface area contributed by atoms with Gasteiger partial charge in [0.2, 0.25) is 0 Å². The van der Waals surface area contributed by atoms with Crippen molar-refractivity contribution < 1.29 is 5.11 Å². The minimum Gasteiger partial charge on any atom is -0.396 e. The summed E-state index contributed by atoms with van der Waals surface area (Å²) in [6.45, 7) is 7.79. The van der Waals surface area contributed by atoms with Gasteiger partial charge in [0.1, 0.15) is 0 Å². The van der Waals surface area contributed by atoms with E-state index in [0.717, 1.165) is 24.5 Å². The second-order valence-electron chi connectivity index (χ2n) is 4.70. The van der Waals surface area contributed by atoms with Gasteiger partial charge in [0, 0.05) is 30.8 Å². The van der Waals surface area contributed by atoms with E-state index in [1.54, 1.807) is 0 Å². The van der Waals surface area contributed by atoms with Gasteiger partial charge in [-0.15, -0.1) is 0 Å². The zero-order valence-electron chi connectivity index (χ0n) is 9.75. The van der Waals surface area contributed by atoms with E-state index < -0.39 is 0 Å². The van der Waals surface area contributed by atoms with Crippen molar-refractivity contribution >= 4 is 0 Å². The number of hydrogen-bond acceptors (Lipinski definition) is 3. The normalized spacial score (nSPS) is 11.7. The zero-order valence-corrected chi connectivity index (χ0v) is 9.75. The van der Waals surface area contributed by atoms with E-state index in [1.807, 2.05) is 39.0 Å². The van der Waals surface area contributed by atoms with Crippen LogP contribution < -0.4 is 5.32 Å². The number of hydrogen-bond donors (Lipinski definition) is 2. The fourth-order valence-electron chi connectivity index (χ4n) is 1.28. The second kappa shape index (κ2) is 5.24. The molecule has 0 aliphatic heterocycles. The molecular formula is C12H20N2O. The van der Waals surface area contributed by atoms with Crippen LogP contribution in [-0.2, 0) is 6.54 Å². The van der Waals surface area contributed by atoms with E-state index in [1.165, 1.54) is 0 Å². The summed E-state index contributed by atoms with van der Waals surface area (Å²) < 4.78 is 0. The average Bonchev–Trinajstić information content (AvgIpc) is 2.18. The van der Waals surface area contributed by atoms with Crippen molar-refractivity contribution in [2.24, 2.45) is 5.41 Å². The van der Waals surface area contributed by atoms with Crippen LogP contribution in [0.25, 0.3) is 0 Å². The van der Waals surface area contributed by atoms with E-state index in [4.69, 9.17) is 5.11 Å². The summed E-state index contributed by atoms with van der Waals surface area (Å²) in [5.41, 5.74) is 2.02. The Morgan fingerprint density at radius 1 is 1.40 bits per heavy atom. The van der Waals surface area contributed by atoms with Crippen molar-refractivity contribution in [2.45, 2.75) is 27.3 Å². The molecular weight excluding hydrogens is 188 g/mol. The van der Waals surface area contributed by atoms with Gasteiger partial charge >= 0.3 is 0 Å². The van der Waals surface area contributed by atoms with Crippen LogP contribution in [0.5, 0.6) is 0 Å². The first kappa shape index (κ1) is 12.1. The molecule has 1 aromatic heterocycles. The van der Waals surface area contributed by atoms with Crippen LogP contribution in [0.3, 0.4) is 0 Å². The Labute approximate surface area is 91.5 Å². The maximum atomic E-state index is 9.08. The molecule has 1 rings (SSSR count). The predicted molar refractivity (Wildman–Crippen MR) is 61.5 cm³/mol. The lowest BCUT2D eigenvalue weighted by Gasteiger charge is -2.21. The van der Waals surface area contributed by atoms with Gasteiger partial charge in [0.05, 0.1) is 5.69 Å². The quantitative estimate of drug-likeness (QED) is 0.770. The monoisotopic (exact) mass is 208 g/mol. The highest BCUT2D eigenvalue weighted by Crippen LogP contribution is 2.11. The standard InChI is InChI=1S/C12H20N2O/c1-10-5-4-6-11(14-10)7-13-8-12(2,3)9-15/h4-6,13,15H,7-9H2,1-3H3. The van der Waals surface area contributed by atoms with Crippen LogP contribution in [0, 0.1) is 12.3 Å². The van der Waals surface area contributed by atoms with Gasteiger partial charge in [-0.1, -0.05) is 19.9 Å². The Balaban J connectivity index is 2.38. The number of rotatable bonds is 5. The van der Waals surface area contributed by atoms with E-state index in [9.17, 15) is 0 Å². The van der Waals surface area contributed by atoms with Crippen molar-refractivity contribution in [3.05, 3.63) is 29.6 Å². The molecule has 0 saturated heterocycles. The smallest absolute Gasteiger partial charge is 0.0544 e. The summed E-state index contributed by atoms with van der Waals surface area (Å²) >= 11 is 0. The third-order valence-corrected chi connectivity index (χ3v) is 2.28. The van der Waals surface area contributed by atoms with Gasteiger partial charge in [-0.2, -0.15) is 0 Å². The van der Waals surface area contributed by atoms with Crippen molar-refractivity contribution in [1.29, 1.82) is 0 Å². The van der Waals surface area contributed by atoms with E-state index in [2.05, 4.69) is 10.3 Å². The van der Waals surface area contributed by atoms with Gasteiger partial charge < -0.3 is 10.4 Å². The zero-order chi connectivity index (χ0) is 11.3. The molecule has 0 aliphatic rings. The predicted octanol–water partition coefficient (Wildman–Crippen LogP) is 1.50. The highest BCUT2D eigenvalue weighted by atomic mass is 16.3. The molecule has 84 valence electrons. The Morgan fingerprint density at radius 2 is 2.13 bits per heavy atom. The molecule has 0 bridgehead atoms. The minimum absolute atomic E-state index is 0.0656. The number of aryl methyl sites for hydroxylation is 1. The molecule has 0 aromatic carbocycles. The van der Waals surface area contributed by atoms with E-state index in [0.29, 0.717) is 0 Å². The van der Waals surface area contributed by atoms with Crippen molar-refractivity contribution in [3.63, 3.8) is 0 Å². The van der Waals surface area contributed by atoms with Gasteiger partial charge in [0.15, 0.2) is 0 Å². The molecule has 0 radical (unpaired) electrons. The van der Waals surface area contributed by atoms with Crippen LogP contribution in [0.1, 0.15) is 25.2 Å². The molecule has 15 heavy (non-hydrogen) atoms. The first-order valence-electron chi connectivity index (χ1n) is 5.28. The van der Waals surface area contributed by atoms with Crippen LogP contribution in [-0.4, -0.2) is 23.2 Å². The van der Waals surface area contributed by atoms with E-state index in [-0.39, 0.29) is 12.0 Å². The Kier molecular flexibility index (Phi) is 4.24. The molecule has 0 aliphatic carbocycles. The highest BCUT2D eigenvalue weighted by Gasteiger charge is 2.15. The van der Waals surface area contributed by atoms with Crippen LogP contribution >= 0.6 is 0 Å². The van der Waals surface area contributed by atoms with Gasteiger partial charge in [-0.3, -0.25) is 4.98 Å². The number of pyridine rings is 1. The Morgan fingerprint density at radius 3 is 2.73 bits per heavy atom. The highest BCUT2D eigenvalue weighted by molar-refractivity contribution is 5.09. The summed E-state index contributed by atoms with van der Waals surface area (Å²) in [4.78, 5) is 4.39. The third-order valence-electron chi connectivity index (χ3n) is 2.28. The Hall–Kier alpha value is -0.930. The van der Waals surface area contributed by atoms with Gasteiger partial charge in [0.25, 0.3) is 0 Å². The van der Waals surface area contributed by atoms with Crippen LogP contribution in [0.15, 0.2) is 18.2 Å². The molecule has 3 heteroatoms. The van der Waals surface area contributed by atoms with Gasteiger partial charge in [-0.25, -0.2) is 0 Å². The molecule has 0 saturated carbocycles. The molecule has 0 atom stereocenters. The fourth-order valence-corrected chi connectivity index (χ4v) is 1.28. The molecule has 1 aromatic rings. The van der Waals surface area contributed by atoms with Crippen molar-refractivity contribution in [2.75, 3.05) is 13.2 Å². The lowest BCUT2D eigenvalue weighted by molar-refractivity contribution is 0.156. The van der Waals surface area contributed by atoms with Crippen molar-refractivity contribution in [3.8, 4) is 0 Å². The maximum absolute atomic E-state index is 9.08. The van der Waals surface area contributed by atoms with Crippen LogP contribution in [0.4, 0.5) is 0 Å². The fraction of sp³-hybridized carbons (Fsp3) is 0.583. The summed E-state index contributed by atoms with van der Waals surface area (Å²) in [6, 6.07) is 6.00. The largest absolute Gasteiger partial charge is 0.396 e. The summed E-state index contributed by atoms with van der Waals surface area (Å²) in [5.74, 6) is 0. The van der Waals surface area contributed by atoms with Crippen LogP contribution in [0.2, 0.25) is 0 Å². The molecule has 0 fully saturated rings. The summed E-state index contributed by atoms with van der Waals surface area (Å²) in [6.07, 6.45) is 0. The number of nitrogens with zero attached hydrogens (tertiary/aromatic N) is 1. The molecule has 0 unspecified atom stereocenters. The summed E-state index contributed by atoms with van der Waals surface area (Å²) in [5, 5.41) is 12.4.